The highest BCUT2D eigenvalue weighted by molar-refractivity contribution is 6.05. The maximum atomic E-state index is 12.4. The van der Waals surface area contributed by atoms with E-state index in [2.05, 4.69) is 15.3 Å². The lowest BCUT2D eigenvalue weighted by molar-refractivity contribution is 0.0853. The van der Waals surface area contributed by atoms with E-state index in [0.29, 0.717) is 29.2 Å². The molecule has 0 aliphatic carbocycles. The Hall–Kier alpha value is -3.15. The topological polar surface area (TPSA) is 84.1 Å². The fourth-order valence-electron chi connectivity index (χ4n) is 2.68. The summed E-state index contributed by atoms with van der Waals surface area (Å²) in [7, 11) is 0. The van der Waals surface area contributed by atoms with Gasteiger partial charge in [0, 0.05) is 16.4 Å². The van der Waals surface area contributed by atoms with E-state index in [4.69, 9.17) is 4.74 Å². The average Bonchev–Trinajstić information content (AvgIpc) is 3.04. The van der Waals surface area contributed by atoms with E-state index in [1.54, 1.807) is 42.6 Å². The van der Waals surface area contributed by atoms with Crippen LogP contribution in [0, 0.1) is 5.41 Å². The van der Waals surface area contributed by atoms with Gasteiger partial charge in [0.1, 0.15) is 11.4 Å². The molecule has 6 heteroatoms. The third-order valence-corrected chi connectivity index (χ3v) is 4.08. The first-order valence-electron chi connectivity index (χ1n) is 8.85. The standard InChI is InChI=1S/C21H23N3O3/c1-5-27-16-8-6-13(7-9-16)20(26)23-15-10-14-11-17(18(25)21(2,3)4)24-19(14)22-12-15/h6-12H,5H2,1-4H3,(H,22,24)(H,23,26). The number of rotatable bonds is 5. The summed E-state index contributed by atoms with van der Waals surface area (Å²) >= 11 is 0. The first-order chi connectivity index (χ1) is 12.8. The average molecular weight is 365 g/mol. The molecule has 140 valence electrons. The van der Waals surface area contributed by atoms with Crippen molar-refractivity contribution in [1.82, 2.24) is 9.97 Å². The number of anilines is 1. The van der Waals surface area contributed by atoms with Gasteiger partial charge in [-0.3, -0.25) is 9.59 Å². The van der Waals surface area contributed by atoms with Crippen molar-refractivity contribution in [2.75, 3.05) is 11.9 Å². The highest BCUT2D eigenvalue weighted by Gasteiger charge is 2.24. The molecule has 0 saturated heterocycles. The Bertz CT molecular complexity index is 982. The van der Waals surface area contributed by atoms with Gasteiger partial charge in [-0.25, -0.2) is 4.98 Å². The van der Waals surface area contributed by atoms with Gasteiger partial charge in [-0.15, -0.1) is 0 Å². The minimum atomic E-state index is -0.481. The van der Waals surface area contributed by atoms with Crippen LogP contribution >= 0.6 is 0 Å². The number of benzene rings is 1. The van der Waals surface area contributed by atoms with E-state index < -0.39 is 5.41 Å². The number of nitrogens with one attached hydrogen (secondary N) is 2. The molecule has 2 aromatic heterocycles. The Morgan fingerprint density at radius 1 is 1.15 bits per heavy atom. The molecule has 0 radical (unpaired) electrons. The highest BCUT2D eigenvalue weighted by atomic mass is 16.5. The maximum Gasteiger partial charge on any atom is 0.255 e. The van der Waals surface area contributed by atoms with Crippen LogP contribution < -0.4 is 10.1 Å². The second-order valence-electron chi connectivity index (χ2n) is 7.34. The van der Waals surface area contributed by atoms with E-state index in [0.717, 1.165) is 11.1 Å². The van der Waals surface area contributed by atoms with E-state index in [1.807, 2.05) is 27.7 Å². The molecular formula is C21H23N3O3. The number of amides is 1. The van der Waals surface area contributed by atoms with Crippen molar-refractivity contribution in [2.24, 2.45) is 5.41 Å². The monoisotopic (exact) mass is 365 g/mol. The molecule has 0 fully saturated rings. The predicted octanol–water partition coefficient (Wildman–Crippen LogP) is 4.44. The van der Waals surface area contributed by atoms with Gasteiger partial charge in [0.15, 0.2) is 5.78 Å². The van der Waals surface area contributed by atoms with E-state index in [-0.39, 0.29) is 11.7 Å². The fraction of sp³-hybridized carbons (Fsp3) is 0.286. The van der Waals surface area contributed by atoms with Crippen LogP contribution in [0.5, 0.6) is 5.75 Å². The van der Waals surface area contributed by atoms with Crippen molar-refractivity contribution >= 4 is 28.4 Å². The van der Waals surface area contributed by atoms with Gasteiger partial charge < -0.3 is 15.0 Å². The van der Waals surface area contributed by atoms with Crippen LogP contribution in [0.4, 0.5) is 5.69 Å². The normalized spacial score (nSPS) is 11.4. The summed E-state index contributed by atoms with van der Waals surface area (Å²) in [5.41, 5.74) is 1.74. The summed E-state index contributed by atoms with van der Waals surface area (Å²) in [5.74, 6) is 0.502. The second kappa shape index (κ2) is 7.23. The van der Waals surface area contributed by atoms with Gasteiger partial charge in [0.25, 0.3) is 5.91 Å². The Balaban J connectivity index is 1.78. The number of carbonyl (C=O) groups excluding carboxylic acids is 2. The van der Waals surface area contributed by atoms with Crippen LogP contribution in [-0.2, 0) is 0 Å². The summed E-state index contributed by atoms with van der Waals surface area (Å²) in [6, 6.07) is 10.5. The lowest BCUT2D eigenvalue weighted by Gasteiger charge is -2.14. The third kappa shape index (κ3) is 4.16. The number of nitrogens with zero attached hydrogens (tertiary/aromatic N) is 1. The molecule has 0 spiro atoms. The summed E-state index contributed by atoms with van der Waals surface area (Å²) in [6.45, 7) is 8.10. The zero-order chi connectivity index (χ0) is 19.6. The molecule has 3 rings (SSSR count). The molecule has 0 bridgehead atoms. The molecule has 0 atom stereocenters. The van der Waals surface area contributed by atoms with E-state index in [9.17, 15) is 9.59 Å². The number of ether oxygens (including phenoxy) is 1. The van der Waals surface area contributed by atoms with Crippen molar-refractivity contribution in [3.05, 3.63) is 53.9 Å². The largest absolute Gasteiger partial charge is 0.494 e. The lowest BCUT2D eigenvalue weighted by Crippen LogP contribution is -2.20. The molecule has 3 aromatic rings. The molecule has 6 nitrogen and oxygen atoms in total. The fourth-order valence-corrected chi connectivity index (χ4v) is 2.68. The van der Waals surface area contributed by atoms with Gasteiger partial charge in [-0.2, -0.15) is 0 Å². The third-order valence-electron chi connectivity index (χ3n) is 4.08. The van der Waals surface area contributed by atoms with Crippen LogP contribution in [0.3, 0.4) is 0 Å². The highest BCUT2D eigenvalue weighted by Crippen LogP contribution is 2.24. The van der Waals surface area contributed by atoms with Gasteiger partial charge in [-0.05, 0) is 43.3 Å². The van der Waals surface area contributed by atoms with Crippen molar-refractivity contribution in [3.63, 3.8) is 0 Å². The molecule has 0 saturated carbocycles. The minimum absolute atomic E-state index is 0.0143. The maximum absolute atomic E-state index is 12.4. The number of hydrogen-bond acceptors (Lipinski definition) is 4. The van der Waals surface area contributed by atoms with Gasteiger partial charge in [0.2, 0.25) is 0 Å². The number of hydrogen-bond donors (Lipinski definition) is 2. The molecule has 0 aliphatic heterocycles. The number of fused-ring (bicyclic) bond motifs is 1. The smallest absolute Gasteiger partial charge is 0.255 e. The molecule has 2 N–H and O–H groups in total. The number of pyridine rings is 1. The minimum Gasteiger partial charge on any atom is -0.494 e. The number of Topliss-reactive ketones (excluding diaryl/α,β-unsaturated/α-hetero) is 1. The summed E-state index contributed by atoms with van der Waals surface area (Å²) < 4.78 is 5.38. The van der Waals surface area contributed by atoms with Gasteiger partial charge in [-0.1, -0.05) is 20.8 Å². The molecule has 0 aliphatic rings. The van der Waals surface area contributed by atoms with Crippen molar-refractivity contribution in [3.8, 4) is 5.75 Å². The number of ketones is 1. The zero-order valence-corrected chi connectivity index (χ0v) is 15.9. The zero-order valence-electron chi connectivity index (χ0n) is 15.9. The Labute approximate surface area is 158 Å². The van der Waals surface area contributed by atoms with Crippen LogP contribution in [0.15, 0.2) is 42.6 Å². The number of H-pyrrole nitrogens is 1. The number of aromatic nitrogens is 2. The van der Waals surface area contributed by atoms with Gasteiger partial charge in [0.05, 0.1) is 24.2 Å². The SMILES string of the molecule is CCOc1ccc(C(=O)Nc2cnc3[nH]c(C(=O)C(C)(C)C)cc3c2)cc1. The summed E-state index contributed by atoms with van der Waals surface area (Å²) in [6.07, 6.45) is 1.57. The molecule has 0 unspecified atom stereocenters. The Morgan fingerprint density at radius 2 is 1.85 bits per heavy atom. The van der Waals surface area contributed by atoms with Crippen LogP contribution in [-0.4, -0.2) is 28.3 Å². The van der Waals surface area contributed by atoms with Gasteiger partial charge >= 0.3 is 0 Å². The van der Waals surface area contributed by atoms with Crippen LogP contribution in [0.25, 0.3) is 11.0 Å². The van der Waals surface area contributed by atoms with E-state index in [1.165, 1.54) is 0 Å². The Morgan fingerprint density at radius 3 is 2.48 bits per heavy atom. The second-order valence-corrected chi connectivity index (χ2v) is 7.34. The van der Waals surface area contributed by atoms with E-state index >= 15 is 0 Å². The molecular weight excluding hydrogens is 342 g/mol. The first kappa shape index (κ1) is 18.6. The lowest BCUT2D eigenvalue weighted by atomic mass is 9.89. The van der Waals surface area contributed by atoms with Crippen LogP contribution in [0.1, 0.15) is 48.5 Å². The first-order valence-corrected chi connectivity index (χ1v) is 8.85. The van der Waals surface area contributed by atoms with Crippen molar-refractivity contribution in [2.45, 2.75) is 27.7 Å². The van der Waals surface area contributed by atoms with Crippen LogP contribution in [0.2, 0.25) is 0 Å². The molecule has 1 aromatic carbocycles. The molecule has 2 heterocycles. The number of carbonyl (C=O) groups is 2. The number of aromatic amines is 1. The Kier molecular flexibility index (Phi) is 4.99. The van der Waals surface area contributed by atoms with Crippen molar-refractivity contribution < 1.29 is 14.3 Å². The summed E-state index contributed by atoms with van der Waals surface area (Å²) in [5, 5.41) is 3.60. The molecule has 27 heavy (non-hydrogen) atoms. The predicted molar refractivity (Wildman–Crippen MR) is 105 cm³/mol. The summed E-state index contributed by atoms with van der Waals surface area (Å²) in [4.78, 5) is 32.2. The van der Waals surface area contributed by atoms with Crippen molar-refractivity contribution in [1.29, 1.82) is 0 Å². The molecule has 1 amide bonds. The quantitative estimate of drug-likeness (QED) is 0.655.